The molecule has 1 heterocycles. The summed E-state index contributed by atoms with van der Waals surface area (Å²) in [5.41, 5.74) is 6.84. The molecular formula is C9H14ClN3O. The van der Waals surface area contributed by atoms with Crippen LogP contribution in [-0.2, 0) is 0 Å². The van der Waals surface area contributed by atoms with Gasteiger partial charge >= 0.3 is 0 Å². The van der Waals surface area contributed by atoms with Gasteiger partial charge in [0.05, 0.1) is 5.71 Å². The minimum Gasteiger partial charge on any atom is -0.411 e. The van der Waals surface area contributed by atoms with Crippen LogP contribution in [0.3, 0.4) is 0 Å². The fourth-order valence-electron chi connectivity index (χ4n) is 1.06. The molecule has 1 rings (SSSR count). The molecule has 0 aromatic carbocycles. The van der Waals surface area contributed by atoms with E-state index in [1.807, 2.05) is 12.1 Å². The highest BCUT2D eigenvalue weighted by Gasteiger charge is 2.02. The quantitative estimate of drug-likeness (QED) is 0.453. The van der Waals surface area contributed by atoms with E-state index in [1.165, 1.54) is 0 Å². The molecule has 0 saturated heterocycles. The van der Waals surface area contributed by atoms with Crippen molar-refractivity contribution in [2.45, 2.75) is 12.8 Å². The molecule has 0 bridgehead atoms. The van der Waals surface area contributed by atoms with Crippen LogP contribution < -0.4 is 5.73 Å². The smallest absolute Gasteiger partial charge is 0.0883 e. The van der Waals surface area contributed by atoms with Crippen LogP contribution in [0.5, 0.6) is 0 Å². The van der Waals surface area contributed by atoms with E-state index < -0.39 is 0 Å². The van der Waals surface area contributed by atoms with Crippen molar-refractivity contribution < 1.29 is 5.21 Å². The Morgan fingerprint density at radius 3 is 2.86 bits per heavy atom. The SMILES string of the molecule is Cl.NCCC/C(=N/O)c1cccnc1. The fraction of sp³-hybridized carbons (Fsp3) is 0.333. The van der Waals surface area contributed by atoms with Gasteiger partial charge in [0.1, 0.15) is 0 Å². The Hall–Kier alpha value is -1.13. The van der Waals surface area contributed by atoms with Crippen LogP contribution >= 0.6 is 12.4 Å². The van der Waals surface area contributed by atoms with Crippen LogP contribution in [0.1, 0.15) is 18.4 Å². The molecule has 0 unspecified atom stereocenters. The average Bonchev–Trinajstić information content (AvgIpc) is 2.21. The Bertz CT molecular complexity index is 277. The largest absolute Gasteiger partial charge is 0.411 e. The first-order valence-electron chi connectivity index (χ1n) is 4.20. The molecule has 0 spiro atoms. The third-order valence-corrected chi connectivity index (χ3v) is 1.73. The minimum atomic E-state index is 0. The highest BCUT2D eigenvalue weighted by atomic mass is 35.5. The lowest BCUT2D eigenvalue weighted by atomic mass is 10.1. The van der Waals surface area contributed by atoms with Gasteiger partial charge in [-0.15, -0.1) is 12.4 Å². The maximum Gasteiger partial charge on any atom is 0.0883 e. The summed E-state index contributed by atoms with van der Waals surface area (Å²) in [5.74, 6) is 0. The zero-order valence-corrected chi connectivity index (χ0v) is 8.57. The molecule has 4 nitrogen and oxygen atoms in total. The van der Waals surface area contributed by atoms with Gasteiger partial charge in [-0.3, -0.25) is 4.98 Å². The van der Waals surface area contributed by atoms with Gasteiger partial charge in [-0.2, -0.15) is 0 Å². The highest BCUT2D eigenvalue weighted by molar-refractivity contribution is 5.99. The van der Waals surface area contributed by atoms with E-state index in [1.54, 1.807) is 12.4 Å². The summed E-state index contributed by atoms with van der Waals surface area (Å²) in [6.07, 6.45) is 4.85. The van der Waals surface area contributed by atoms with Crippen molar-refractivity contribution in [3.8, 4) is 0 Å². The van der Waals surface area contributed by atoms with Crippen molar-refractivity contribution in [3.63, 3.8) is 0 Å². The van der Waals surface area contributed by atoms with Crippen LogP contribution in [0.4, 0.5) is 0 Å². The second-order valence-electron chi connectivity index (χ2n) is 2.68. The first-order valence-corrected chi connectivity index (χ1v) is 4.20. The first-order chi connectivity index (χ1) is 6.38. The van der Waals surface area contributed by atoms with Gasteiger partial charge < -0.3 is 10.9 Å². The molecule has 0 atom stereocenters. The van der Waals surface area contributed by atoms with E-state index >= 15 is 0 Å². The highest BCUT2D eigenvalue weighted by Crippen LogP contribution is 2.03. The van der Waals surface area contributed by atoms with Crippen LogP contribution in [-0.4, -0.2) is 22.4 Å². The molecule has 3 N–H and O–H groups in total. The van der Waals surface area contributed by atoms with E-state index in [-0.39, 0.29) is 12.4 Å². The van der Waals surface area contributed by atoms with Crippen LogP contribution in [0, 0.1) is 0 Å². The van der Waals surface area contributed by atoms with Gasteiger partial charge in [0.2, 0.25) is 0 Å². The van der Waals surface area contributed by atoms with Crippen LogP contribution in [0.2, 0.25) is 0 Å². The lowest BCUT2D eigenvalue weighted by Gasteiger charge is -2.01. The summed E-state index contributed by atoms with van der Waals surface area (Å²) in [7, 11) is 0. The zero-order valence-electron chi connectivity index (χ0n) is 7.76. The van der Waals surface area contributed by atoms with E-state index in [2.05, 4.69) is 10.1 Å². The molecule has 1 aromatic rings. The van der Waals surface area contributed by atoms with Crippen molar-refractivity contribution in [2.75, 3.05) is 6.54 Å². The standard InChI is InChI=1S/C9H13N3O.ClH/c10-5-1-4-9(12-13)8-3-2-6-11-7-8;/h2-3,6-7,13H,1,4-5,10H2;1H/b12-9-;. The second kappa shape index (κ2) is 7.29. The number of rotatable bonds is 4. The molecule has 0 aliphatic carbocycles. The molecule has 0 aliphatic heterocycles. The second-order valence-corrected chi connectivity index (χ2v) is 2.68. The van der Waals surface area contributed by atoms with Crippen molar-refractivity contribution in [1.29, 1.82) is 0 Å². The summed E-state index contributed by atoms with van der Waals surface area (Å²) in [5, 5.41) is 11.9. The van der Waals surface area contributed by atoms with Crippen molar-refractivity contribution >= 4 is 18.1 Å². The number of hydrogen-bond donors (Lipinski definition) is 2. The van der Waals surface area contributed by atoms with Crippen molar-refractivity contribution in [3.05, 3.63) is 30.1 Å². The van der Waals surface area contributed by atoms with Crippen LogP contribution in [0.15, 0.2) is 29.7 Å². The summed E-state index contributed by atoms with van der Waals surface area (Å²) in [4.78, 5) is 3.94. The molecule has 0 aliphatic rings. The number of nitrogens with zero attached hydrogens (tertiary/aromatic N) is 2. The summed E-state index contributed by atoms with van der Waals surface area (Å²) in [6.45, 7) is 0.597. The van der Waals surface area contributed by atoms with Gasteiger partial charge in [-0.25, -0.2) is 0 Å². The molecule has 0 saturated carbocycles. The third kappa shape index (κ3) is 3.72. The maximum atomic E-state index is 8.73. The lowest BCUT2D eigenvalue weighted by molar-refractivity contribution is 0.318. The monoisotopic (exact) mass is 215 g/mol. The van der Waals surface area contributed by atoms with Gasteiger partial charge in [-0.05, 0) is 31.5 Å². The van der Waals surface area contributed by atoms with Crippen LogP contribution in [0.25, 0.3) is 0 Å². The summed E-state index contributed by atoms with van der Waals surface area (Å²) >= 11 is 0. The molecule has 0 amide bonds. The number of halogens is 1. The Balaban J connectivity index is 0.00000169. The van der Waals surface area contributed by atoms with Gasteiger partial charge in [-0.1, -0.05) is 5.16 Å². The maximum absolute atomic E-state index is 8.73. The van der Waals surface area contributed by atoms with E-state index in [0.717, 1.165) is 12.0 Å². The molecule has 1 aromatic heterocycles. The van der Waals surface area contributed by atoms with E-state index in [4.69, 9.17) is 10.9 Å². The Kier molecular flexibility index (Phi) is 6.70. The predicted octanol–water partition coefficient (Wildman–Crippen LogP) is 1.42. The van der Waals surface area contributed by atoms with E-state index in [9.17, 15) is 0 Å². The summed E-state index contributed by atoms with van der Waals surface area (Å²) in [6, 6.07) is 3.67. The Morgan fingerprint density at radius 1 is 1.57 bits per heavy atom. The topological polar surface area (TPSA) is 71.5 Å². The summed E-state index contributed by atoms with van der Waals surface area (Å²) < 4.78 is 0. The molecule has 0 radical (unpaired) electrons. The molecule has 14 heavy (non-hydrogen) atoms. The zero-order chi connectivity index (χ0) is 9.52. The third-order valence-electron chi connectivity index (χ3n) is 1.73. The Labute approximate surface area is 89.2 Å². The normalized spacial score (nSPS) is 10.8. The number of aromatic nitrogens is 1. The number of oxime groups is 1. The fourth-order valence-corrected chi connectivity index (χ4v) is 1.06. The van der Waals surface area contributed by atoms with E-state index in [0.29, 0.717) is 18.7 Å². The van der Waals surface area contributed by atoms with Gasteiger partial charge in [0.15, 0.2) is 0 Å². The average molecular weight is 216 g/mol. The molecular weight excluding hydrogens is 202 g/mol. The lowest BCUT2D eigenvalue weighted by Crippen LogP contribution is -2.06. The molecule has 78 valence electrons. The number of nitrogens with two attached hydrogens (primary N) is 1. The van der Waals surface area contributed by atoms with Crippen molar-refractivity contribution in [1.82, 2.24) is 4.98 Å². The van der Waals surface area contributed by atoms with Crippen molar-refractivity contribution in [2.24, 2.45) is 10.9 Å². The molecule has 5 heteroatoms. The predicted molar refractivity (Wildman–Crippen MR) is 58.1 cm³/mol. The number of hydrogen-bond acceptors (Lipinski definition) is 4. The Morgan fingerprint density at radius 2 is 2.36 bits per heavy atom. The first kappa shape index (κ1) is 12.9. The minimum absolute atomic E-state index is 0. The number of pyridine rings is 1. The molecule has 0 fully saturated rings. The van der Waals surface area contributed by atoms with Gasteiger partial charge in [0, 0.05) is 18.0 Å². The van der Waals surface area contributed by atoms with Gasteiger partial charge in [0.25, 0.3) is 0 Å².